The lowest BCUT2D eigenvalue weighted by Crippen LogP contribution is -2.08. The number of aromatic hydroxyl groups is 1. The molecule has 0 aliphatic rings. The first-order chi connectivity index (χ1) is 9.63. The van der Waals surface area contributed by atoms with Crippen LogP contribution in [0.1, 0.15) is 11.6 Å². The number of methoxy groups -OCH3 is 1. The molecule has 2 rings (SSSR count). The first-order valence-electron chi connectivity index (χ1n) is 5.92. The summed E-state index contributed by atoms with van der Waals surface area (Å²) in [6.07, 6.45) is 0. The van der Waals surface area contributed by atoms with Crippen molar-refractivity contribution >= 4 is 17.3 Å². The summed E-state index contributed by atoms with van der Waals surface area (Å²) >= 11 is 5.82. The van der Waals surface area contributed by atoms with Gasteiger partial charge in [-0.05, 0) is 42.0 Å². The summed E-state index contributed by atoms with van der Waals surface area (Å²) in [6, 6.07) is 13.5. The molecule has 102 valence electrons. The summed E-state index contributed by atoms with van der Waals surface area (Å²) in [4.78, 5) is 0. The maximum Gasteiger partial charge on any atom is 0.160 e. The van der Waals surface area contributed by atoms with E-state index in [0.29, 0.717) is 16.3 Å². The van der Waals surface area contributed by atoms with Crippen molar-refractivity contribution in [1.82, 2.24) is 0 Å². The largest absolute Gasteiger partial charge is 0.504 e. The van der Waals surface area contributed by atoms with Gasteiger partial charge < -0.3 is 15.2 Å². The number of benzene rings is 2. The van der Waals surface area contributed by atoms with Crippen LogP contribution < -0.4 is 10.1 Å². The quantitative estimate of drug-likeness (QED) is 0.899. The molecule has 1 atom stereocenters. The number of ether oxygens (including phenoxy) is 1. The van der Waals surface area contributed by atoms with Gasteiger partial charge in [-0.2, -0.15) is 5.26 Å². The Morgan fingerprint density at radius 1 is 1.25 bits per heavy atom. The number of phenolic OH excluding ortho intramolecular Hbond substituents is 1. The molecule has 0 radical (unpaired) electrons. The second-order valence-corrected chi connectivity index (χ2v) is 4.58. The van der Waals surface area contributed by atoms with Crippen molar-refractivity contribution in [3.63, 3.8) is 0 Å². The van der Waals surface area contributed by atoms with Crippen LogP contribution in [-0.2, 0) is 0 Å². The maximum absolute atomic E-state index is 9.57. The zero-order valence-electron chi connectivity index (χ0n) is 10.8. The van der Waals surface area contributed by atoms with Gasteiger partial charge in [0.2, 0.25) is 0 Å². The Morgan fingerprint density at radius 2 is 1.95 bits per heavy atom. The molecule has 4 nitrogen and oxygen atoms in total. The van der Waals surface area contributed by atoms with Gasteiger partial charge in [-0.3, -0.25) is 0 Å². The second-order valence-electron chi connectivity index (χ2n) is 4.14. The molecule has 1 unspecified atom stereocenters. The van der Waals surface area contributed by atoms with Gasteiger partial charge in [-0.1, -0.05) is 17.7 Å². The van der Waals surface area contributed by atoms with E-state index in [2.05, 4.69) is 11.4 Å². The van der Waals surface area contributed by atoms with Crippen molar-refractivity contribution in [3.8, 4) is 17.6 Å². The van der Waals surface area contributed by atoms with Gasteiger partial charge in [-0.25, -0.2) is 0 Å². The molecule has 0 bridgehead atoms. The highest BCUT2D eigenvalue weighted by molar-refractivity contribution is 6.30. The molecule has 2 N–H and O–H groups in total. The van der Waals surface area contributed by atoms with Crippen LogP contribution in [0.2, 0.25) is 5.02 Å². The summed E-state index contributed by atoms with van der Waals surface area (Å²) in [6.45, 7) is 0. The SMILES string of the molecule is COc1cc(C(C#N)Nc2ccc(Cl)cc2)ccc1O. The summed E-state index contributed by atoms with van der Waals surface area (Å²) in [5.74, 6) is 0.375. The van der Waals surface area contributed by atoms with Crippen molar-refractivity contribution in [2.45, 2.75) is 6.04 Å². The minimum atomic E-state index is -0.550. The van der Waals surface area contributed by atoms with E-state index in [-0.39, 0.29) is 5.75 Å². The first kappa shape index (κ1) is 14.0. The normalized spacial score (nSPS) is 11.4. The molecule has 5 heteroatoms. The van der Waals surface area contributed by atoms with E-state index in [1.807, 2.05) is 0 Å². The molecule has 0 fully saturated rings. The molecule has 20 heavy (non-hydrogen) atoms. The van der Waals surface area contributed by atoms with Crippen molar-refractivity contribution in [3.05, 3.63) is 53.1 Å². The molecule has 0 spiro atoms. The molecule has 0 aliphatic heterocycles. The number of phenols is 1. The second kappa shape index (κ2) is 6.18. The Morgan fingerprint density at radius 3 is 2.55 bits per heavy atom. The molecule has 0 amide bonds. The molecule has 0 aromatic heterocycles. The minimum absolute atomic E-state index is 0.0411. The summed E-state index contributed by atoms with van der Waals surface area (Å²) in [5.41, 5.74) is 1.49. The van der Waals surface area contributed by atoms with Crippen LogP contribution in [0.5, 0.6) is 11.5 Å². The third kappa shape index (κ3) is 3.14. The Balaban J connectivity index is 2.24. The predicted molar refractivity (Wildman–Crippen MR) is 78.1 cm³/mol. The van der Waals surface area contributed by atoms with Crippen LogP contribution in [0.4, 0.5) is 5.69 Å². The van der Waals surface area contributed by atoms with Crippen molar-refractivity contribution in [2.75, 3.05) is 12.4 Å². The Labute approximate surface area is 122 Å². The predicted octanol–water partition coefficient (Wildman–Crippen LogP) is 3.73. The van der Waals surface area contributed by atoms with Crippen molar-refractivity contribution in [2.24, 2.45) is 0 Å². The molecule has 0 saturated carbocycles. The molecular formula is C15H13ClN2O2. The number of nitriles is 1. The fourth-order valence-electron chi connectivity index (χ4n) is 1.78. The lowest BCUT2D eigenvalue weighted by atomic mass is 10.1. The van der Waals surface area contributed by atoms with Gasteiger partial charge in [-0.15, -0.1) is 0 Å². The fourth-order valence-corrected chi connectivity index (χ4v) is 1.90. The third-order valence-electron chi connectivity index (χ3n) is 2.82. The molecular weight excluding hydrogens is 276 g/mol. The maximum atomic E-state index is 9.57. The summed E-state index contributed by atoms with van der Waals surface area (Å²) in [7, 11) is 1.47. The fraction of sp³-hybridized carbons (Fsp3) is 0.133. The summed E-state index contributed by atoms with van der Waals surface area (Å²) in [5, 5.41) is 22.6. The number of hydrogen-bond donors (Lipinski definition) is 2. The highest BCUT2D eigenvalue weighted by Crippen LogP contribution is 2.30. The lowest BCUT2D eigenvalue weighted by molar-refractivity contribution is 0.373. The Bertz CT molecular complexity index is 635. The van der Waals surface area contributed by atoms with Crippen LogP contribution in [-0.4, -0.2) is 12.2 Å². The monoisotopic (exact) mass is 288 g/mol. The van der Waals surface area contributed by atoms with Crippen LogP contribution >= 0.6 is 11.6 Å². The topological polar surface area (TPSA) is 65.3 Å². The van der Waals surface area contributed by atoms with E-state index in [9.17, 15) is 10.4 Å². The zero-order valence-corrected chi connectivity index (χ0v) is 11.6. The van der Waals surface area contributed by atoms with Gasteiger partial charge in [0.15, 0.2) is 11.5 Å². The van der Waals surface area contributed by atoms with Gasteiger partial charge in [0, 0.05) is 10.7 Å². The minimum Gasteiger partial charge on any atom is -0.504 e. The van der Waals surface area contributed by atoms with E-state index in [0.717, 1.165) is 5.69 Å². The van der Waals surface area contributed by atoms with E-state index < -0.39 is 6.04 Å². The van der Waals surface area contributed by atoms with Crippen LogP contribution in [0.25, 0.3) is 0 Å². The van der Waals surface area contributed by atoms with Gasteiger partial charge >= 0.3 is 0 Å². The van der Waals surface area contributed by atoms with E-state index >= 15 is 0 Å². The number of halogens is 1. The molecule has 2 aromatic rings. The molecule has 0 aliphatic carbocycles. The average Bonchev–Trinajstić information content (AvgIpc) is 2.47. The standard InChI is InChI=1S/C15H13ClN2O2/c1-20-15-8-10(2-7-14(15)19)13(9-17)18-12-5-3-11(16)4-6-12/h2-8,13,18-19H,1H3. The Hall–Kier alpha value is -2.38. The number of hydrogen-bond acceptors (Lipinski definition) is 4. The van der Waals surface area contributed by atoms with Crippen molar-refractivity contribution < 1.29 is 9.84 Å². The highest BCUT2D eigenvalue weighted by atomic mass is 35.5. The van der Waals surface area contributed by atoms with Crippen LogP contribution in [0.3, 0.4) is 0 Å². The number of nitrogens with one attached hydrogen (secondary N) is 1. The van der Waals surface area contributed by atoms with Crippen molar-refractivity contribution in [1.29, 1.82) is 5.26 Å². The van der Waals surface area contributed by atoms with Gasteiger partial charge in [0.25, 0.3) is 0 Å². The highest BCUT2D eigenvalue weighted by Gasteiger charge is 2.13. The average molecular weight is 289 g/mol. The number of nitrogens with zero attached hydrogens (tertiary/aromatic N) is 1. The summed E-state index contributed by atoms with van der Waals surface area (Å²) < 4.78 is 5.04. The Kier molecular flexibility index (Phi) is 4.34. The first-order valence-corrected chi connectivity index (χ1v) is 6.30. The smallest absolute Gasteiger partial charge is 0.160 e. The van der Waals surface area contributed by atoms with Crippen LogP contribution in [0.15, 0.2) is 42.5 Å². The molecule has 2 aromatic carbocycles. The van der Waals surface area contributed by atoms with Gasteiger partial charge in [0.1, 0.15) is 6.04 Å². The van der Waals surface area contributed by atoms with Crippen LogP contribution in [0, 0.1) is 11.3 Å². The van der Waals surface area contributed by atoms with E-state index in [4.69, 9.17) is 16.3 Å². The number of rotatable bonds is 4. The molecule has 0 saturated heterocycles. The molecule has 0 heterocycles. The van der Waals surface area contributed by atoms with E-state index in [1.54, 1.807) is 36.4 Å². The van der Waals surface area contributed by atoms with E-state index in [1.165, 1.54) is 13.2 Å². The van der Waals surface area contributed by atoms with Gasteiger partial charge in [0.05, 0.1) is 13.2 Å². The number of anilines is 1. The third-order valence-corrected chi connectivity index (χ3v) is 3.07. The lowest BCUT2D eigenvalue weighted by Gasteiger charge is -2.14. The zero-order chi connectivity index (χ0) is 14.5.